The summed E-state index contributed by atoms with van der Waals surface area (Å²) in [4.78, 5) is 12.8. The Balaban J connectivity index is 1.79. The Morgan fingerprint density at radius 2 is 2.17 bits per heavy atom. The number of ether oxygens (including phenoxy) is 1. The zero-order chi connectivity index (χ0) is 17.1. The van der Waals surface area contributed by atoms with E-state index in [0.29, 0.717) is 5.56 Å². The Morgan fingerprint density at radius 3 is 2.79 bits per heavy atom. The van der Waals surface area contributed by atoms with E-state index in [-0.39, 0.29) is 17.9 Å². The fraction of sp³-hybridized carbons (Fsp3) is 0.588. The van der Waals surface area contributed by atoms with Crippen LogP contribution in [-0.2, 0) is 18.3 Å². The van der Waals surface area contributed by atoms with E-state index < -0.39 is 0 Å². The van der Waals surface area contributed by atoms with Gasteiger partial charge >= 0.3 is 0 Å². The lowest BCUT2D eigenvalue weighted by Gasteiger charge is -2.21. The molecule has 1 amide bonds. The van der Waals surface area contributed by atoms with Crippen molar-refractivity contribution in [2.24, 2.45) is 7.05 Å². The highest BCUT2D eigenvalue weighted by atomic mass is 16.5. The van der Waals surface area contributed by atoms with E-state index >= 15 is 0 Å². The molecule has 2 aromatic heterocycles. The molecule has 7 nitrogen and oxygen atoms in total. The minimum atomic E-state index is -0.147. The second-order valence-corrected chi connectivity index (χ2v) is 6.28. The van der Waals surface area contributed by atoms with Gasteiger partial charge in [0, 0.05) is 45.1 Å². The van der Waals surface area contributed by atoms with Crippen LogP contribution in [0.15, 0.2) is 18.5 Å². The van der Waals surface area contributed by atoms with Crippen molar-refractivity contribution < 1.29 is 9.53 Å². The van der Waals surface area contributed by atoms with E-state index in [2.05, 4.69) is 15.5 Å². The van der Waals surface area contributed by atoms with Crippen molar-refractivity contribution in [2.45, 2.75) is 45.2 Å². The smallest absolute Gasteiger partial charge is 0.255 e. The lowest BCUT2D eigenvalue weighted by molar-refractivity contribution is 0.0831. The van der Waals surface area contributed by atoms with Gasteiger partial charge in [-0.3, -0.25) is 14.2 Å². The van der Waals surface area contributed by atoms with Gasteiger partial charge in [-0.2, -0.15) is 10.2 Å². The van der Waals surface area contributed by atoms with E-state index in [1.807, 2.05) is 44.0 Å². The summed E-state index contributed by atoms with van der Waals surface area (Å²) in [6.45, 7) is 6.18. The number of aromatic nitrogens is 4. The highest BCUT2D eigenvalue weighted by molar-refractivity contribution is 5.95. The lowest BCUT2D eigenvalue weighted by Crippen LogP contribution is -2.28. The summed E-state index contributed by atoms with van der Waals surface area (Å²) >= 11 is 0. The monoisotopic (exact) mass is 331 g/mol. The van der Waals surface area contributed by atoms with Crippen LogP contribution in [0.5, 0.6) is 0 Å². The summed E-state index contributed by atoms with van der Waals surface area (Å²) in [5.74, 6) is 0.201. The molecule has 1 aliphatic rings. The van der Waals surface area contributed by atoms with Crippen molar-refractivity contribution in [3.8, 4) is 0 Å². The van der Waals surface area contributed by atoms with Gasteiger partial charge in [-0.25, -0.2) is 0 Å². The van der Waals surface area contributed by atoms with Crippen molar-refractivity contribution >= 4 is 5.91 Å². The maximum absolute atomic E-state index is 12.8. The summed E-state index contributed by atoms with van der Waals surface area (Å²) in [6, 6.07) is 1.77. The molecule has 3 rings (SSSR count). The SMILES string of the molecule is CCn1cc(C(=O)NC(C)c2ccn(C)n2)c(C2CCOCC2)n1. The zero-order valence-corrected chi connectivity index (χ0v) is 14.5. The number of carbonyl (C=O) groups excluding carboxylic acids is 1. The summed E-state index contributed by atoms with van der Waals surface area (Å²) in [5.41, 5.74) is 2.42. The molecular formula is C17H25N5O2. The molecule has 7 heteroatoms. The molecule has 0 bridgehead atoms. The van der Waals surface area contributed by atoms with Crippen LogP contribution < -0.4 is 5.32 Å². The molecule has 1 fully saturated rings. The Bertz CT molecular complexity index is 700. The minimum Gasteiger partial charge on any atom is -0.381 e. The summed E-state index contributed by atoms with van der Waals surface area (Å²) in [5, 5.41) is 12.0. The first-order valence-electron chi connectivity index (χ1n) is 8.54. The molecule has 0 aromatic carbocycles. The van der Waals surface area contributed by atoms with Crippen LogP contribution in [0, 0.1) is 0 Å². The molecule has 0 aliphatic carbocycles. The first-order chi connectivity index (χ1) is 11.6. The number of rotatable bonds is 5. The fourth-order valence-corrected chi connectivity index (χ4v) is 3.06. The Labute approximate surface area is 142 Å². The van der Waals surface area contributed by atoms with Gasteiger partial charge in [0.25, 0.3) is 5.91 Å². The van der Waals surface area contributed by atoms with Crippen LogP contribution in [0.25, 0.3) is 0 Å². The largest absolute Gasteiger partial charge is 0.381 e. The molecular weight excluding hydrogens is 306 g/mol. The van der Waals surface area contributed by atoms with Crippen LogP contribution in [0.3, 0.4) is 0 Å². The number of nitrogens with one attached hydrogen (secondary N) is 1. The summed E-state index contributed by atoms with van der Waals surface area (Å²) in [7, 11) is 1.87. The van der Waals surface area contributed by atoms with Gasteiger partial charge in [0.05, 0.1) is 23.0 Å². The predicted molar refractivity (Wildman–Crippen MR) is 89.8 cm³/mol. The molecule has 1 saturated heterocycles. The number of amides is 1. The van der Waals surface area contributed by atoms with Crippen molar-refractivity contribution in [2.75, 3.05) is 13.2 Å². The number of hydrogen-bond acceptors (Lipinski definition) is 4. The summed E-state index contributed by atoms with van der Waals surface area (Å²) < 4.78 is 9.01. The first kappa shape index (κ1) is 16.7. The first-order valence-corrected chi connectivity index (χ1v) is 8.54. The molecule has 24 heavy (non-hydrogen) atoms. The zero-order valence-electron chi connectivity index (χ0n) is 14.5. The van der Waals surface area contributed by atoms with Gasteiger partial charge in [0.15, 0.2) is 0 Å². The molecule has 1 N–H and O–H groups in total. The van der Waals surface area contributed by atoms with E-state index in [4.69, 9.17) is 4.74 Å². The second-order valence-electron chi connectivity index (χ2n) is 6.28. The highest BCUT2D eigenvalue weighted by Gasteiger charge is 2.26. The molecule has 0 spiro atoms. The predicted octanol–water partition coefficient (Wildman–Crippen LogP) is 2.02. The van der Waals surface area contributed by atoms with E-state index in [1.165, 1.54) is 0 Å². The van der Waals surface area contributed by atoms with Crippen LogP contribution in [0.2, 0.25) is 0 Å². The van der Waals surface area contributed by atoms with Gasteiger partial charge in [-0.15, -0.1) is 0 Å². The van der Waals surface area contributed by atoms with Gasteiger partial charge < -0.3 is 10.1 Å². The summed E-state index contributed by atoms with van der Waals surface area (Å²) in [6.07, 6.45) is 5.55. The van der Waals surface area contributed by atoms with E-state index in [9.17, 15) is 4.79 Å². The number of nitrogens with zero attached hydrogens (tertiary/aromatic N) is 4. The quantitative estimate of drug-likeness (QED) is 0.910. The third-order valence-electron chi connectivity index (χ3n) is 4.49. The highest BCUT2D eigenvalue weighted by Crippen LogP contribution is 2.28. The van der Waals surface area contributed by atoms with Gasteiger partial charge in [-0.1, -0.05) is 0 Å². The van der Waals surface area contributed by atoms with Gasteiger partial charge in [-0.05, 0) is 32.8 Å². The second kappa shape index (κ2) is 7.17. The number of carbonyl (C=O) groups is 1. The van der Waals surface area contributed by atoms with Crippen LogP contribution in [0.4, 0.5) is 0 Å². The van der Waals surface area contributed by atoms with Gasteiger partial charge in [0.1, 0.15) is 0 Å². The van der Waals surface area contributed by atoms with Crippen molar-refractivity contribution in [1.82, 2.24) is 24.9 Å². The number of hydrogen-bond donors (Lipinski definition) is 1. The third kappa shape index (κ3) is 3.51. The molecule has 1 atom stereocenters. The average Bonchev–Trinajstić information content (AvgIpc) is 3.22. The molecule has 0 saturated carbocycles. The molecule has 2 aromatic rings. The number of aryl methyl sites for hydroxylation is 2. The average molecular weight is 331 g/mol. The maximum Gasteiger partial charge on any atom is 0.255 e. The molecule has 1 aliphatic heterocycles. The molecule has 0 radical (unpaired) electrons. The van der Waals surface area contributed by atoms with E-state index in [1.54, 1.807) is 4.68 Å². The minimum absolute atomic E-state index is 0.0886. The fourth-order valence-electron chi connectivity index (χ4n) is 3.06. The Morgan fingerprint density at radius 1 is 1.42 bits per heavy atom. The molecule has 1 unspecified atom stereocenters. The normalized spacial score (nSPS) is 17.0. The molecule has 3 heterocycles. The van der Waals surface area contributed by atoms with Gasteiger partial charge in [0.2, 0.25) is 0 Å². The van der Waals surface area contributed by atoms with Crippen molar-refractivity contribution in [3.05, 3.63) is 35.4 Å². The van der Waals surface area contributed by atoms with E-state index in [0.717, 1.165) is 44.0 Å². The van der Waals surface area contributed by atoms with Crippen LogP contribution in [-0.4, -0.2) is 38.7 Å². The van der Waals surface area contributed by atoms with Crippen LogP contribution >= 0.6 is 0 Å². The lowest BCUT2D eigenvalue weighted by atomic mass is 9.93. The molecule has 130 valence electrons. The Kier molecular flexibility index (Phi) is 4.99. The van der Waals surface area contributed by atoms with Crippen molar-refractivity contribution in [1.29, 1.82) is 0 Å². The Hall–Kier alpha value is -2.15. The third-order valence-corrected chi connectivity index (χ3v) is 4.49. The topological polar surface area (TPSA) is 74.0 Å². The van der Waals surface area contributed by atoms with Crippen LogP contribution in [0.1, 0.15) is 60.4 Å². The maximum atomic E-state index is 12.8. The standard InChI is InChI=1S/C17H25N5O2/c1-4-22-11-14(16(20-22)13-6-9-24-10-7-13)17(23)18-12(2)15-5-8-21(3)19-15/h5,8,11-13H,4,6-7,9-10H2,1-3H3,(H,18,23). The van der Waals surface area contributed by atoms with Crippen molar-refractivity contribution in [3.63, 3.8) is 0 Å².